The van der Waals surface area contributed by atoms with Crippen molar-refractivity contribution in [1.82, 2.24) is 10.6 Å². The fourth-order valence-electron chi connectivity index (χ4n) is 4.26. The molecule has 0 unspecified atom stereocenters. The van der Waals surface area contributed by atoms with Gasteiger partial charge in [0.25, 0.3) is 0 Å². The highest BCUT2D eigenvalue weighted by Crippen LogP contribution is 2.30. The Labute approximate surface area is 182 Å². The van der Waals surface area contributed by atoms with Gasteiger partial charge in [0.2, 0.25) is 0 Å². The highest BCUT2D eigenvalue weighted by atomic mass is 19.1. The summed E-state index contributed by atoms with van der Waals surface area (Å²) in [5.74, 6) is 0.370. The van der Waals surface area contributed by atoms with Crippen molar-refractivity contribution in [2.75, 3.05) is 13.7 Å². The van der Waals surface area contributed by atoms with E-state index in [0.717, 1.165) is 36.3 Å². The molecule has 3 aromatic rings. The fourth-order valence-corrected chi connectivity index (χ4v) is 4.26. The molecule has 0 spiro atoms. The van der Waals surface area contributed by atoms with E-state index in [4.69, 9.17) is 10.00 Å². The molecule has 31 heavy (non-hydrogen) atoms. The number of nitrogens with zero attached hydrogens (tertiary/aromatic N) is 1. The summed E-state index contributed by atoms with van der Waals surface area (Å²) in [4.78, 5) is 0. The first-order valence-corrected chi connectivity index (χ1v) is 10.6. The van der Waals surface area contributed by atoms with E-state index in [9.17, 15) is 4.39 Å². The second-order valence-corrected chi connectivity index (χ2v) is 7.81. The van der Waals surface area contributed by atoms with Crippen molar-refractivity contribution in [3.63, 3.8) is 0 Å². The summed E-state index contributed by atoms with van der Waals surface area (Å²) in [6.45, 7) is 1.62. The molecule has 3 aromatic carbocycles. The zero-order valence-corrected chi connectivity index (χ0v) is 17.6. The zero-order valence-electron chi connectivity index (χ0n) is 17.6. The number of hydrogen-bond acceptors (Lipinski definition) is 4. The van der Waals surface area contributed by atoms with E-state index >= 15 is 0 Å². The summed E-state index contributed by atoms with van der Waals surface area (Å²) in [6.07, 6.45) is 2.20. The van der Waals surface area contributed by atoms with E-state index in [0.29, 0.717) is 17.7 Å². The van der Waals surface area contributed by atoms with Crippen molar-refractivity contribution >= 4 is 0 Å². The normalized spacial score (nSPS) is 18.4. The average molecular weight is 416 g/mol. The number of rotatable bonds is 6. The van der Waals surface area contributed by atoms with Gasteiger partial charge in [0.1, 0.15) is 11.6 Å². The Morgan fingerprint density at radius 2 is 1.97 bits per heavy atom. The van der Waals surface area contributed by atoms with Crippen LogP contribution in [0.2, 0.25) is 0 Å². The van der Waals surface area contributed by atoms with Gasteiger partial charge in [0.05, 0.1) is 18.7 Å². The molecular weight excluding hydrogens is 389 g/mol. The van der Waals surface area contributed by atoms with Gasteiger partial charge in [0.15, 0.2) is 0 Å². The molecule has 1 heterocycles. The van der Waals surface area contributed by atoms with Crippen molar-refractivity contribution < 1.29 is 9.13 Å². The van der Waals surface area contributed by atoms with Crippen molar-refractivity contribution in [3.05, 3.63) is 89.2 Å². The quantitative estimate of drug-likeness (QED) is 0.598. The second-order valence-electron chi connectivity index (χ2n) is 7.81. The topological polar surface area (TPSA) is 57.1 Å². The van der Waals surface area contributed by atoms with Crippen molar-refractivity contribution in [3.8, 4) is 22.9 Å². The van der Waals surface area contributed by atoms with Crippen LogP contribution in [-0.2, 0) is 6.54 Å². The molecule has 0 aromatic heterocycles. The number of nitriles is 1. The lowest BCUT2D eigenvalue weighted by molar-refractivity contribution is 0.303. The summed E-state index contributed by atoms with van der Waals surface area (Å²) in [7, 11) is 1.65. The number of benzene rings is 3. The third-order valence-electron chi connectivity index (χ3n) is 5.86. The molecule has 4 nitrogen and oxygen atoms in total. The summed E-state index contributed by atoms with van der Waals surface area (Å²) in [5, 5.41) is 16.3. The lowest BCUT2D eigenvalue weighted by Gasteiger charge is -2.34. The molecular formula is C26H26FN3O. The molecule has 0 radical (unpaired) electrons. The molecule has 4 rings (SSSR count). The van der Waals surface area contributed by atoms with Gasteiger partial charge < -0.3 is 15.4 Å². The number of nitrogens with one attached hydrogen (secondary N) is 2. The highest BCUT2D eigenvalue weighted by molar-refractivity contribution is 5.67. The first-order valence-electron chi connectivity index (χ1n) is 10.6. The molecule has 1 saturated heterocycles. The standard InChI is InChI=1S/C26H26FN3O/c1-31-25-12-10-20(22-11-9-18(16-28)14-23(22)27)15-21(25)17-30-24-8-5-13-29-26(24)19-6-3-2-4-7-19/h2-4,6-7,9-12,14-15,24,26,29-30H,5,8,13,17H2,1H3/t24-,26-/m0/s1. The van der Waals surface area contributed by atoms with E-state index < -0.39 is 5.82 Å². The van der Waals surface area contributed by atoms with E-state index in [1.54, 1.807) is 19.2 Å². The Bertz CT molecular complexity index is 1080. The summed E-state index contributed by atoms with van der Waals surface area (Å²) in [5.41, 5.74) is 3.81. The van der Waals surface area contributed by atoms with Gasteiger partial charge in [0, 0.05) is 29.8 Å². The van der Waals surface area contributed by atoms with Gasteiger partial charge >= 0.3 is 0 Å². The Hall–Kier alpha value is -3.20. The maximum Gasteiger partial charge on any atom is 0.132 e. The highest BCUT2D eigenvalue weighted by Gasteiger charge is 2.25. The minimum Gasteiger partial charge on any atom is -0.496 e. The van der Waals surface area contributed by atoms with Gasteiger partial charge in [-0.3, -0.25) is 0 Å². The number of ether oxygens (including phenoxy) is 1. The monoisotopic (exact) mass is 415 g/mol. The molecule has 0 aliphatic carbocycles. The third kappa shape index (κ3) is 4.77. The first kappa shape index (κ1) is 21.0. The maximum atomic E-state index is 14.5. The molecule has 5 heteroatoms. The molecule has 1 aliphatic heterocycles. The van der Waals surface area contributed by atoms with Gasteiger partial charge in [-0.15, -0.1) is 0 Å². The second kappa shape index (κ2) is 9.74. The Morgan fingerprint density at radius 1 is 1.13 bits per heavy atom. The van der Waals surface area contributed by atoms with Crippen LogP contribution in [0.5, 0.6) is 5.75 Å². The van der Waals surface area contributed by atoms with Crippen LogP contribution in [0.1, 0.15) is 35.6 Å². The SMILES string of the molecule is COc1ccc(-c2ccc(C#N)cc2F)cc1CN[C@H]1CCCN[C@H]1c1ccccc1. The molecule has 1 fully saturated rings. The van der Waals surface area contributed by atoms with Crippen LogP contribution >= 0.6 is 0 Å². The predicted octanol–water partition coefficient (Wildman–Crippen LogP) is 4.96. The minimum atomic E-state index is -0.399. The van der Waals surface area contributed by atoms with E-state index in [-0.39, 0.29) is 12.1 Å². The Morgan fingerprint density at radius 3 is 2.71 bits per heavy atom. The fraction of sp³-hybridized carbons (Fsp3) is 0.269. The smallest absolute Gasteiger partial charge is 0.132 e. The Balaban J connectivity index is 1.56. The number of halogens is 1. The Kier molecular flexibility index (Phi) is 6.61. The van der Waals surface area contributed by atoms with Crippen LogP contribution in [-0.4, -0.2) is 19.7 Å². The maximum absolute atomic E-state index is 14.5. The van der Waals surface area contributed by atoms with Crippen LogP contribution in [0.4, 0.5) is 4.39 Å². The van der Waals surface area contributed by atoms with Gasteiger partial charge in [-0.25, -0.2) is 4.39 Å². The van der Waals surface area contributed by atoms with Crippen LogP contribution in [0.15, 0.2) is 66.7 Å². The molecule has 0 saturated carbocycles. The van der Waals surface area contributed by atoms with E-state index in [1.165, 1.54) is 11.6 Å². The van der Waals surface area contributed by atoms with Crippen molar-refractivity contribution in [1.29, 1.82) is 5.26 Å². The molecule has 0 bridgehead atoms. The predicted molar refractivity (Wildman–Crippen MR) is 120 cm³/mol. The number of methoxy groups -OCH3 is 1. The van der Waals surface area contributed by atoms with E-state index in [1.807, 2.05) is 30.3 Å². The van der Waals surface area contributed by atoms with Crippen LogP contribution in [0, 0.1) is 17.1 Å². The van der Waals surface area contributed by atoms with Crippen molar-refractivity contribution in [2.24, 2.45) is 0 Å². The molecule has 1 aliphatic rings. The zero-order chi connectivity index (χ0) is 21.6. The van der Waals surface area contributed by atoms with Gasteiger partial charge in [-0.2, -0.15) is 5.26 Å². The number of hydrogen-bond donors (Lipinski definition) is 2. The van der Waals surface area contributed by atoms with Crippen molar-refractivity contribution in [2.45, 2.75) is 31.5 Å². The lowest BCUT2D eigenvalue weighted by atomic mass is 9.92. The van der Waals surface area contributed by atoms with E-state index in [2.05, 4.69) is 34.9 Å². The van der Waals surface area contributed by atoms with Gasteiger partial charge in [-0.1, -0.05) is 42.5 Å². The summed E-state index contributed by atoms with van der Waals surface area (Å²) < 4.78 is 20.1. The molecule has 0 amide bonds. The summed E-state index contributed by atoms with van der Waals surface area (Å²) in [6, 6.07) is 23.3. The molecule has 2 atom stereocenters. The molecule has 158 valence electrons. The van der Waals surface area contributed by atoms with Crippen LogP contribution in [0.25, 0.3) is 11.1 Å². The minimum absolute atomic E-state index is 0.250. The summed E-state index contributed by atoms with van der Waals surface area (Å²) >= 11 is 0. The third-order valence-corrected chi connectivity index (χ3v) is 5.86. The largest absolute Gasteiger partial charge is 0.496 e. The average Bonchev–Trinajstić information content (AvgIpc) is 2.83. The van der Waals surface area contributed by atoms with Gasteiger partial charge in [-0.05, 0) is 54.8 Å². The van der Waals surface area contributed by atoms with Crippen LogP contribution in [0.3, 0.4) is 0 Å². The lowest BCUT2D eigenvalue weighted by Crippen LogP contribution is -2.45. The number of piperidine rings is 1. The first-order chi connectivity index (χ1) is 15.2. The molecule has 2 N–H and O–H groups in total. The van der Waals surface area contributed by atoms with Crippen LogP contribution < -0.4 is 15.4 Å².